The van der Waals surface area contributed by atoms with Crippen LogP contribution in [0.3, 0.4) is 0 Å². The molecular weight excluding hydrogens is 156 g/mol. The smallest absolute Gasteiger partial charge is 0.343 e. The first kappa shape index (κ1) is 7.08. The highest BCUT2D eigenvalue weighted by Crippen LogP contribution is 1.99. The van der Waals surface area contributed by atoms with Crippen LogP contribution in [0.25, 0.3) is 0 Å². The molecule has 10 heavy (non-hydrogen) atoms. The Labute approximate surface area is 62.5 Å². The van der Waals surface area contributed by atoms with Gasteiger partial charge in [0.25, 0.3) is 0 Å². The van der Waals surface area contributed by atoms with Crippen molar-refractivity contribution in [1.82, 2.24) is 9.78 Å². The van der Waals surface area contributed by atoms with Gasteiger partial charge in [0.15, 0.2) is 0 Å². The zero-order valence-corrected chi connectivity index (χ0v) is 6.00. The first-order chi connectivity index (χ1) is 4.74. The second-order valence-electron chi connectivity index (χ2n) is 1.77. The third-order valence-corrected chi connectivity index (χ3v) is 1.15. The molecule has 0 saturated heterocycles. The zero-order valence-electron chi connectivity index (χ0n) is 5.24. The fourth-order valence-corrected chi connectivity index (χ4v) is 0.660. The van der Waals surface area contributed by atoms with Gasteiger partial charge >= 0.3 is 5.97 Å². The van der Waals surface area contributed by atoms with Crippen LogP contribution in [0.15, 0.2) is 12.4 Å². The largest absolute Gasteiger partial charge is 0.359 e. The predicted molar refractivity (Wildman–Crippen MR) is 34.5 cm³/mol. The molecule has 1 rings (SSSR count). The van der Waals surface area contributed by atoms with Gasteiger partial charge < -0.3 is 4.29 Å². The molecule has 0 fully saturated rings. The molecule has 0 bridgehead atoms. The minimum absolute atomic E-state index is 0.345. The van der Waals surface area contributed by atoms with Crippen molar-refractivity contribution in [2.75, 3.05) is 0 Å². The number of hydrogen-bond donors (Lipinski definition) is 0. The van der Waals surface area contributed by atoms with Gasteiger partial charge in [-0.1, -0.05) is 0 Å². The van der Waals surface area contributed by atoms with Crippen LogP contribution in [0.4, 0.5) is 0 Å². The lowest BCUT2D eigenvalue weighted by Gasteiger charge is -1.86. The minimum atomic E-state index is -0.588. The van der Waals surface area contributed by atoms with Gasteiger partial charge in [0, 0.05) is 13.2 Å². The molecule has 0 amide bonds. The van der Waals surface area contributed by atoms with Crippen molar-refractivity contribution in [3.05, 3.63) is 18.0 Å². The molecule has 0 aliphatic rings. The van der Waals surface area contributed by atoms with Crippen molar-refractivity contribution >= 4 is 17.8 Å². The van der Waals surface area contributed by atoms with Gasteiger partial charge in [-0.3, -0.25) is 4.68 Å². The standard InChI is InChI=1S/C5H5ClN2O2/c1-8-3-4(2-7-8)5(9)10-6/h2-3H,1H3. The maximum absolute atomic E-state index is 10.6. The van der Waals surface area contributed by atoms with E-state index in [2.05, 4.69) is 9.39 Å². The molecule has 0 N–H and O–H groups in total. The molecule has 1 aromatic rings. The molecule has 0 aliphatic heterocycles. The van der Waals surface area contributed by atoms with Gasteiger partial charge in [0.05, 0.1) is 11.8 Å². The Hall–Kier alpha value is -1.03. The van der Waals surface area contributed by atoms with Crippen LogP contribution >= 0.6 is 11.9 Å². The fraction of sp³-hybridized carbons (Fsp3) is 0.200. The molecule has 0 unspecified atom stereocenters. The molecule has 0 atom stereocenters. The van der Waals surface area contributed by atoms with E-state index in [9.17, 15) is 4.79 Å². The fourth-order valence-electron chi connectivity index (χ4n) is 0.571. The maximum Gasteiger partial charge on any atom is 0.359 e. The van der Waals surface area contributed by atoms with Crippen LogP contribution in [0.1, 0.15) is 10.4 Å². The summed E-state index contributed by atoms with van der Waals surface area (Å²) < 4.78 is 5.42. The Morgan fingerprint density at radius 1 is 1.90 bits per heavy atom. The summed E-state index contributed by atoms with van der Waals surface area (Å²) in [7, 11) is 1.70. The highest BCUT2D eigenvalue weighted by Gasteiger charge is 2.07. The topological polar surface area (TPSA) is 44.1 Å². The first-order valence-corrected chi connectivity index (χ1v) is 2.86. The third-order valence-electron chi connectivity index (χ3n) is 1.01. The van der Waals surface area contributed by atoms with Crippen LogP contribution in [0, 0.1) is 0 Å². The van der Waals surface area contributed by atoms with E-state index >= 15 is 0 Å². The molecule has 54 valence electrons. The molecule has 4 nitrogen and oxygen atoms in total. The SMILES string of the molecule is Cn1cc(C(=O)OCl)cn1. The quantitative estimate of drug-likeness (QED) is 0.609. The molecule has 0 spiro atoms. The summed E-state index contributed by atoms with van der Waals surface area (Å²) >= 11 is 4.81. The summed E-state index contributed by atoms with van der Waals surface area (Å²) in [4.78, 5) is 10.6. The average molecular weight is 161 g/mol. The van der Waals surface area contributed by atoms with E-state index in [0.717, 1.165) is 0 Å². The Bertz CT molecular complexity index is 246. The Morgan fingerprint density at radius 2 is 2.60 bits per heavy atom. The zero-order chi connectivity index (χ0) is 7.56. The molecule has 0 radical (unpaired) electrons. The summed E-state index contributed by atoms with van der Waals surface area (Å²) in [5.41, 5.74) is 0.345. The number of aryl methyl sites for hydroxylation is 1. The van der Waals surface area contributed by atoms with E-state index in [1.54, 1.807) is 7.05 Å². The van der Waals surface area contributed by atoms with E-state index in [-0.39, 0.29) is 0 Å². The van der Waals surface area contributed by atoms with E-state index < -0.39 is 5.97 Å². The number of carbonyl (C=O) groups excluding carboxylic acids is 1. The van der Waals surface area contributed by atoms with E-state index in [1.165, 1.54) is 17.1 Å². The Balaban J connectivity index is 2.85. The molecule has 1 aromatic heterocycles. The molecular formula is C5H5ClN2O2. The van der Waals surface area contributed by atoms with Gasteiger partial charge in [-0.15, -0.1) is 0 Å². The van der Waals surface area contributed by atoms with Crippen LogP contribution in [-0.2, 0) is 11.3 Å². The lowest BCUT2D eigenvalue weighted by atomic mass is 10.4. The highest BCUT2D eigenvalue weighted by atomic mass is 35.5. The first-order valence-electron chi connectivity index (χ1n) is 2.55. The summed E-state index contributed by atoms with van der Waals surface area (Å²) in [5.74, 6) is -0.588. The number of rotatable bonds is 1. The second kappa shape index (κ2) is 2.70. The summed E-state index contributed by atoms with van der Waals surface area (Å²) in [6.45, 7) is 0. The van der Waals surface area contributed by atoms with E-state index in [0.29, 0.717) is 5.56 Å². The predicted octanol–water partition coefficient (Wildman–Crippen LogP) is 0.731. The second-order valence-corrected chi connectivity index (χ2v) is 1.92. The van der Waals surface area contributed by atoms with Gasteiger partial charge in [0.2, 0.25) is 0 Å². The number of hydrogen-bond acceptors (Lipinski definition) is 3. The maximum atomic E-state index is 10.6. The molecule has 0 saturated carbocycles. The number of nitrogens with zero attached hydrogens (tertiary/aromatic N) is 2. The summed E-state index contributed by atoms with van der Waals surface area (Å²) in [6.07, 6.45) is 2.90. The van der Waals surface area contributed by atoms with Crippen molar-refractivity contribution < 1.29 is 9.08 Å². The monoisotopic (exact) mass is 160 g/mol. The summed E-state index contributed by atoms with van der Waals surface area (Å²) in [6, 6.07) is 0. The third kappa shape index (κ3) is 1.27. The van der Waals surface area contributed by atoms with Crippen LogP contribution in [0.2, 0.25) is 0 Å². The lowest BCUT2D eigenvalue weighted by molar-refractivity contribution is 0.0751. The molecule has 0 aromatic carbocycles. The summed E-state index contributed by atoms with van der Waals surface area (Å²) in [5, 5.41) is 3.74. The molecule has 5 heteroatoms. The van der Waals surface area contributed by atoms with Gasteiger partial charge in [-0.25, -0.2) is 4.79 Å². The minimum Gasteiger partial charge on any atom is -0.343 e. The van der Waals surface area contributed by atoms with Crippen molar-refractivity contribution in [2.24, 2.45) is 7.05 Å². The van der Waals surface area contributed by atoms with Gasteiger partial charge in [-0.2, -0.15) is 5.10 Å². The Kier molecular flexibility index (Phi) is 1.91. The highest BCUT2D eigenvalue weighted by molar-refractivity contribution is 6.15. The number of carbonyl (C=O) groups is 1. The van der Waals surface area contributed by atoms with Crippen LogP contribution in [0.5, 0.6) is 0 Å². The molecule has 1 heterocycles. The number of halogens is 1. The Morgan fingerprint density at radius 3 is 3.00 bits per heavy atom. The van der Waals surface area contributed by atoms with Crippen molar-refractivity contribution in [3.8, 4) is 0 Å². The van der Waals surface area contributed by atoms with Crippen molar-refractivity contribution in [3.63, 3.8) is 0 Å². The van der Waals surface area contributed by atoms with E-state index in [4.69, 9.17) is 11.9 Å². The lowest BCUT2D eigenvalue weighted by Crippen LogP contribution is -1.95. The van der Waals surface area contributed by atoms with Crippen LogP contribution < -0.4 is 0 Å². The van der Waals surface area contributed by atoms with Crippen LogP contribution in [-0.4, -0.2) is 15.7 Å². The van der Waals surface area contributed by atoms with Crippen molar-refractivity contribution in [2.45, 2.75) is 0 Å². The van der Waals surface area contributed by atoms with Gasteiger partial charge in [-0.05, 0) is 0 Å². The van der Waals surface area contributed by atoms with E-state index in [1.807, 2.05) is 0 Å². The number of aromatic nitrogens is 2. The van der Waals surface area contributed by atoms with Gasteiger partial charge in [0.1, 0.15) is 11.9 Å². The average Bonchev–Trinajstić information content (AvgIpc) is 2.34. The molecule has 0 aliphatic carbocycles. The van der Waals surface area contributed by atoms with Crippen molar-refractivity contribution in [1.29, 1.82) is 0 Å². The normalized spacial score (nSPS) is 9.40.